The summed E-state index contributed by atoms with van der Waals surface area (Å²) in [7, 11) is -7.17. The minimum Gasteiger partial charge on any atom is -0.365 e. The Morgan fingerprint density at radius 2 is 1.14 bits per heavy atom. The van der Waals surface area contributed by atoms with E-state index in [0.29, 0.717) is 59.4 Å². The van der Waals surface area contributed by atoms with E-state index in [2.05, 4.69) is 46.0 Å². The molecule has 0 bridgehead atoms. The first kappa shape index (κ1) is 62.3. The van der Waals surface area contributed by atoms with E-state index in [4.69, 9.17) is 66.0 Å². The zero-order valence-corrected chi connectivity index (χ0v) is 47.8. The maximum Gasteiger partial charge on any atom is 0.256 e. The van der Waals surface area contributed by atoms with Crippen LogP contribution in [0.2, 0.25) is 20.4 Å². The number of nitrogens with zero attached hydrogens (tertiary/aromatic N) is 10. The van der Waals surface area contributed by atoms with Gasteiger partial charge in [-0.25, -0.2) is 31.3 Å². The monoisotopic (exact) mass is 1220 g/mol. The third-order valence-corrected chi connectivity index (χ3v) is 15.7. The highest BCUT2D eigenvalue weighted by Gasteiger charge is 2.35. The minimum absolute atomic E-state index is 0. The van der Waals surface area contributed by atoms with Crippen LogP contribution in [0, 0.1) is 0 Å². The number of ether oxygens (including phenoxy) is 2. The highest BCUT2D eigenvalue weighted by Crippen LogP contribution is 2.37. The number of carbonyl (C=O) groups excluding carboxylic acids is 2. The number of fused-ring (bicyclic) bond motifs is 2. The fraction of sp³-hybridized carbons (Fsp3) is 0.500. The molecule has 2 atom stereocenters. The molecule has 6 aliphatic rings. The molecular formula is C52H70Cl4N14O8S2. The van der Waals surface area contributed by atoms with Crippen LogP contribution in [0.25, 0.3) is 11.3 Å². The number of anilines is 4. The van der Waals surface area contributed by atoms with Crippen molar-refractivity contribution < 1.29 is 35.9 Å². The number of amides is 2. The third-order valence-electron chi connectivity index (χ3n) is 13.6. The van der Waals surface area contributed by atoms with E-state index in [1.54, 1.807) is 21.9 Å². The molecule has 22 nitrogen and oxygen atoms in total. The summed E-state index contributed by atoms with van der Waals surface area (Å²) in [6.45, 7) is 10.1. The number of carbonyl (C=O) groups is 2. The van der Waals surface area contributed by atoms with Crippen molar-refractivity contribution in [2.45, 2.75) is 78.3 Å². The third kappa shape index (κ3) is 15.6. The van der Waals surface area contributed by atoms with Gasteiger partial charge >= 0.3 is 0 Å². The van der Waals surface area contributed by atoms with E-state index in [0.717, 1.165) is 114 Å². The van der Waals surface area contributed by atoms with Gasteiger partial charge in [0.15, 0.2) is 11.3 Å². The molecule has 0 unspecified atom stereocenters. The summed E-state index contributed by atoms with van der Waals surface area (Å²) in [6, 6.07) is 15.7. The van der Waals surface area contributed by atoms with Gasteiger partial charge < -0.3 is 34.4 Å². The minimum atomic E-state index is -3.59. The maximum absolute atomic E-state index is 13.9. The zero-order valence-electron chi connectivity index (χ0n) is 43.1. The van der Waals surface area contributed by atoms with E-state index in [9.17, 15) is 26.4 Å². The average Bonchev–Trinajstić information content (AvgIpc) is 4.24. The topological polar surface area (TPSA) is 242 Å². The predicted molar refractivity (Wildman–Crippen MR) is 316 cm³/mol. The number of nitrogens with one attached hydrogen (secondary N) is 4. The fourth-order valence-corrected chi connectivity index (χ4v) is 11.5. The van der Waals surface area contributed by atoms with E-state index in [-0.39, 0.29) is 66.4 Å². The first-order valence-electron chi connectivity index (χ1n) is 25.7. The van der Waals surface area contributed by atoms with Crippen LogP contribution in [-0.2, 0) is 29.5 Å². The Morgan fingerprint density at radius 3 is 1.57 bits per heavy atom. The lowest BCUT2D eigenvalue weighted by atomic mass is 9.98. The molecule has 436 valence electrons. The van der Waals surface area contributed by atoms with Gasteiger partial charge in [0, 0.05) is 73.6 Å². The second kappa shape index (κ2) is 27.7. The number of sulfonamides is 2. The molecular weight excluding hydrogens is 1150 g/mol. The van der Waals surface area contributed by atoms with Crippen LogP contribution in [0.1, 0.15) is 110 Å². The van der Waals surface area contributed by atoms with Crippen LogP contribution in [0.15, 0.2) is 60.7 Å². The Kier molecular flexibility index (Phi) is 21.5. The Hall–Kier alpha value is -5.28. The number of likely N-dealkylation sites (tertiary alicyclic amines) is 2. The first-order chi connectivity index (χ1) is 37.4. The highest BCUT2D eigenvalue weighted by molar-refractivity contribution is 7.92. The normalized spacial score (nSPS) is 18.9. The zero-order chi connectivity index (χ0) is 55.1. The largest absolute Gasteiger partial charge is 0.365 e. The Labute approximate surface area is 487 Å². The summed E-state index contributed by atoms with van der Waals surface area (Å²) in [5, 5.41) is 16.8. The van der Waals surface area contributed by atoms with Crippen molar-refractivity contribution in [3.05, 3.63) is 104 Å². The molecule has 6 saturated heterocycles. The number of aromatic nitrogens is 6. The standard InChI is InChI=1S/C25H30ClN7O4S.C19H18Cl3N5O3S.C3H7NO.C3H7N.2CH4/c1-38(35,36)29-19-7-6-17(26)13-18(19)25(34)32-10-3-2-5-21(32)20-14-23-27-22(30-8-4-9-30)15-24(33(23)28-20)31-11-12-37-16-31;1-31(29,30)25-13-6-5-11(20)8-12(13)19(28)26-7-3-2-4-15(26)14-9-18-23-16(21)10-17(22)27(18)24-14;1-2-5-3-4-1;1-2-4-3-1;;/h6-7,13-15,21,29H,2-5,8-12,16H2,1H3;5-6,8-10,15,25H,2-4,7H2,1H3;4H,1-3H2;4H,1-3H2;2*1H4/t21-;15-;;;;/m00..../s1. The lowest BCUT2D eigenvalue weighted by molar-refractivity contribution is 0.0600. The van der Waals surface area contributed by atoms with Crippen molar-refractivity contribution in [3.63, 3.8) is 0 Å². The molecule has 4 N–H and O–H groups in total. The lowest BCUT2D eigenvalue weighted by Crippen LogP contribution is -2.39. The summed E-state index contributed by atoms with van der Waals surface area (Å²) in [5.74, 6) is 1.21. The van der Waals surface area contributed by atoms with Gasteiger partial charge in [0.25, 0.3) is 11.8 Å². The molecule has 0 radical (unpaired) electrons. The van der Waals surface area contributed by atoms with Crippen LogP contribution in [0.4, 0.5) is 23.0 Å². The first-order valence-corrected chi connectivity index (χ1v) is 31.0. The quantitative estimate of drug-likeness (QED) is 0.0942. The van der Waals surface area contributed by atoms with Crippen molar-refractivity contribution in [1.82, 2.24) is 49.6 Å². The molecule has 6 aliphatic heterocycles. The molecule has 80 heavy (non-hydrogen) atoms. The molecule has 0 aliphatic carbocycles. The van der Waals surface area contributed by atoms with E-state index in [1.807, 2.05) is 10.6 Å². The molecule has 12 rings (SSSR count). The second-order valence-corrected chi connectivity index (χ2v) is 24.6. The van der Waals surface area contributed by atoms with Gasteiger partial charge in [0.1, 0.15) is 28.7 Å². The van der Waals surface area contributed by atoms with Crippen molar-refractivity contribution in [2.24, 2.45) is 0 Å². The summed E-state index contributed by atoms with van der Waals surface area (Å²) in [5.41, 5.74) is 3.36. The maximum atomic E-state index is 13.9. The average molecular weight is 1230 g/mol. The molecule has 10 heterocycles. The van der Waals surface area contributed by atoms with Gasteiger partial charge in [-0.1, -0.05) is 61.3 Å². The molecule has 2 aromatic carbocycles. The van der Waals surface area contributed by atoms with Gasteiger partial charge in [-0.2, -0.15) is 14.7 Å². The second-order valence-electron chi connectivity index (χ2n) is 19.5. The Balaban J connectivity index is 0.000000197. The molecule has 6 fully saturated rings. The van der Waals surface area contributed by atoms with Crippen molar-refractivity contribution in [3.8, 4) is 0 Å². The van der Waals surface area contributed by atoms with Crippen LogP contribution in [0.5, 0.6) is 0 Å². The molecule has 0 spiro atoms. The summed E-state index contributed by atoms with van der Waals surface area (Å²) >= 11 is 24.6. The molecule has 4 aromatic heterocycles. The SMILES string of the molecule is C.C.C1CNC1.C1COCN1.CS(=O)(=O)Nc1ccc(Cl)cc1C(=O)N1CCCC[C@H]1c1cc2nc(Cl)cc(Cl)n2n1.CS(=O)(=O)Nc1ccc(Cl)cc1C(=O)N1CCCC[C@H]1c1cc2nc(N3CCC3)cc(N3CCOC3)n2n1. The van der Waals surface area contributed by atoms with Crippen LogP contribution >= 0.6 is 46.4 Å². The Morgan fingerprint density at radius 1 is 0.600 bits per heavy atom. The lowest BCUT2D eigenvalue weighted by Gasteiger charge is -2.35. The Bertz CT molecular complexity index is 3340. The van der Waals surface area contributed by atoms with Gasteiger partial charge in [-0.05, 0) is 101 Å². The van der Waals surface area contributed by atoms with E-state index < -0.39 is 20.0 Å². The van der Waals surface area contributed by atoms with E-state index in [1.165, 1.54) is 60.4 Å². The number of hydrogen-bond donors (Lipinski definition) is 4. The number of rotatable bonds is 10. The van der Waals surface area contributed by atoms with Crippen molar-refractivity contribution in [1.29, 1.82) is 0 Å². The van der Waals surface area contributed by atoms with E-state index >= 15 is 0 Å². The number of hydrogen-bond acceptors (Lipinski definition) is 16. The number of piperidine rings is 2. The fourth-order valence-electron chi connectivity index (χ4n) is 9.52. The van der Waals surface area contributed by atoms with Crippen LogP contribution in [-0.4, -0.2) is 159 Å². The summed E-state index contributed by atoms with van der Waals surface area (Å²) in [6.07, 6.45) is 9.58. The van der Waals surface area contributed by atoms with Crippen LogP contribution in [0.3, 0.4) is 0 Å². The predicted octanol–water partition coefficient (Wildman–Crippen LogP) is 8.37. The molecule has 0 saturated carbocycles. The van der Waals surface area contributed by atoms with Gasteiger partial charge in [0.05, 0.1) is 78.4 Å². The number of benzene rings is 2. The van der Waals surface area contributed by atoms with Gasteiger partial charge in [-0.3, -0.25) is 24.4 Å². The van der Waals surface area contributed by atoms with Gasteiger partial charge in [0.2, 0.25) is 20.0 Å². The summed E-state index contributed by atoms with van der Waals surface area (Å²) < 4.78 is 66.1. The molecule has 2 amide bonds. The van der Waals surface area contributed by atoms with Crippen molar-refractivity contribution in [2.75, 3.05) is 111 Å². The smallest absolute Gasteiger partial charge is 0.256 e. The summed E-state index contributed by atoms with van der Waals surface area (Å²) in [4.78, 5) is 44.4. The van der Waals surface area contributed by atoms with Crippen molar-refractivity contribution >= 4 is 113 Å². The van der Waals surface area contributed by atoms with Gasteiger partial charge in [-0.15, -0.1) is 0 Å². The highest BCUT2D eigenvalue weighted by atomic mass is 35.5. The number of halogens is 4. The van der Waals surface area contributed by atoms with Crippen LogP contribution < -0.4 is 29.9 Å². The molecule has 28 heteroatoms. The molecule has 6 aromatic rings.